The van der Waals surface area contributed by atoms with Gasteiger partial charge in [-0.3, -0.25) is 4.57 Å². The fourth-order valence-corrected chi connectivity index (χ4v) is 8.84. The topological polar surface area (TPSA) is 35.6 Å². The van der Waals surface area contributed by atoms with E-state index in [1.807, 2.05) is 12.3 Å². The molecule has 0 spiro atoms. The molecule has 1 aliphatic carbocycles. The van der Waals surface area contributed by atoms with Crippen LogP contribution in [-0.4, -0.2) is 19.1 Å². The van der Waals surface area contributed by atoms with Crippen molar-refractivity contribution in [3.63, 3.8) is 0 Å². The molecule has 1 aliphatic rings. The summed E-state index contributed by atoms with van der Waals surface area (Å²) in [5.41, 5.74) is 15.3. The second-order valence-corrected chi connectivity index (χ2v) is 14.7. The van der Waals surface area contributed by atoms with Gasteiger partial charge in [-0.1, -0.05) is 117 Å². The van der Waals surface area contributed by atoms with Crippen molar-refractivity contribution >= 4 is 43.6 Å². The van der Waals surface area contributed by atoms with Gasteiger partial charge in [-0.25, -0.2) is 9.97 Å². The van der Waals surface area contributed by atoms with Gasteiger partial charge in [-0.2, -0.15) is 0 Å². The maximum Gasteiger partial charge on any atom is 0.235 e. The van der Waals surface area contributed by atoms with E-state index in [0.717, 1.165) is 33.5 Å². The zero-order valence-corrected chi connectivity index (χ0v) is 29.5. The number of rotatable bonds is 4. The highest BCUT2D eigenvalue weighted by molar-refractivity contribution is 6.13. The number of fused-ring (bicyclic) bond motifs is 9. The lowest BCUT2D eigenvalue weighted by Gasteiger charge is -2.21. The smallest absolute Gasteiger partial charge is 0.235 e. The molecule has 10 aromatic rings. The molecular weight excluding hydrogens is 645 g/mol. The Morgan fingerprint density at radius 2 is 1.08 bits per heavy atom. The van der Waals surface area contributed by atoms with E-state index in [4.69, 9.17) is 9.97 Å². The van der Waals surface area contributed by atoms with E-state index in [-0.39, 0.29) is 5.41 Å². The summed E-state index contributed by atoms with van der Waals surface area (Å²) >= 11 is 0. The Labute approximate surface area is 307 Å². The van der Waals surface area contributed by atoms with E-state index >= 15 is 0 Å². The van der Waals surface area contributed by atoms with Crippen LogP contribution in [0.3, 0.4) is 0 Å². The molecule has 11 rings (SSSR count). The SMILES string of the molecule is CC1(C)c2ccccc2-c2cc3c4ccccc4n(-c4nccc(-c5ccc6c(c5)c5cc(-c7ccccc7)ccc5n6-c5ccccc5)n4)c3cc21. The Bertz CT molecular complexity index is 3080. The summed E-state index contributed by atoms with van der Waals surface area (Å²) in [7, 11) is 0. The zero-order chi connectivity index (χ0) is 35.3. The molecule has 0 amide bonds. The van der Waals surface area contributed by atoms with E-state index in [1.165, 1.54) is 60.4 Å². The molecule has 0 atom stereocenters. The molecule has 0 saturated carbocycles. The van der Waals surface area contributed by atoms with Gasteiger partial charge in [0.1, 0.15) is 0 Å². The zero-order valence-electron chi connectivity index (χ0n) is 29.5. The maximum atomic E-state index is 5.32. The van der Waals surface area contributed by atoms with Gasteiger partial charge in [-0.05, 0) is 94.0 Å². The quantitative estimate of drug-likeness (QED) is 0.186. The van der Waals surface area contributed by atoms with Gasteiger partial charge >= 0.3 is 0 Å². The van der Waals surface area contributed by atoms with Crippen molar-refractivity contribution in [1.82, 2.24) is 19.1 Å². The lowest BCUT2D eigenvalue weighted by Crippen LogP contribution is -2.15. The standard InChI is InChI=1S/C49H34N4/c1-49(2)41-19-11-9-17-35(41)37-29-40-36-18-10-12-20-44(36)53(47(40)30-42(37)49)48-50-26-25-43(51-48)33-22-24-46-39(28-33)38-27-32(31-13-5-3-6-14-31)21-23-45(38)52(46)34-15-7-4-8-16-34/h3-30H,1-2H3. The van der Waals surface area contributed by atoms with Gasteiger partial charge in [0.2, 0.25) is 5.95 Å². The monoisotopic (exact) mass is 678 g/mol. The van der Waals surface area contributed by atoms with Gasteiger partial charge < -0.3 is 4.57 Å². The van der Waals surface area contributed by atoms with Gasteiger partial charge in [0.15, 0.2) is 0 Å². The molecule has 0 fully saturated rings. The summed E-state index contributed by atoms with van der Waals surface area (Å²) in [5.74, 6) is 0.667. The summed E-state index contributed by atoms with van der Waals surface area (Å²) in [5, 5.41) is 4.81. The van der Waals surface area contributed by atoms with Crippen molar-refractivity contribution in [3.05, 3.63) is 181 Å². The van der Waals surface area contributed by atoms with Crippen LogP contribution in [0, 0.1) is 0 Å². The van der Waals surface area contributed by atoms with E-state index in [2.05, 4.69) is 181 Å². The minimum atomic E-state index is -0.112. The van der Waals surface area contributed by atoms with Gasteiger partial charge in [0.05, 0.1) is 27.8 Å². The van der Waals surface area contributed by atoms with Crippen molar-refractivity contribution in [2.75, 3.05) is 0 Å². The average Bonchev–Trinajstić information content (AvgIpc) is 3.80. The molecule has 0 N–H and O–H groups in total. The first-order valence-electron chi connectivity index (χ1n) is 18.2. The molecule has 7 aromatic carbocycles. The summed E-state index contributed by atoms with van der Waals surface area (Å²) in [6.45, 7) is 4.67. The molecule has 4 nitrogen and oxygen atoms in total. The molecule has 0 unspecified atom stereocenters. The highest BCUT2D eigenvalue weighted by Crippen LogP contribution is 2.51. The van der Waals surface area contributed by atoms with Crippen LogP contribution in [0.2, 0.25) is 0 Å². The van der Waals surface area contributed by atoms with Crippen LogP contribution in [0.1, 0.15) is 25.0 Å². The Morgan fingerprint density at radius 1 is 0.434 bits per heavy atom. The summed E-state index contributed by atoms with van der Waals surface area (Å²) in [6, 6.07) is 59.1. The Kier molecular flexibility index (Phi) is 6.27. The molecule has 250 valence electrons. The molecule has 0 bridgehead atoms. The summed E-state index contributed by atoms with van der Waals surface area (Å²) in [4.78, 5) is 10.2. The van der Waals surface area contributed by atoms with E-state index < -0.39 is 0 Å². The van der Waals surface area contributed by atoms with Crippen molar-refractivity contribution in [3.8, 4) is 45.1 Å². The first-order valence-corrected chi connectivity index (χ1v) is 18.2. The van der Waals surface area contributed by atoms with Gasteiger partial charge in [0, 0.05) is 44.4 Å². The second kappa shape index (κ2) is 11.1. The van der Waals surface area contributed by atoms with Crippen LogP contribution in [0.15, 0.2) is 170 Å². The number of benzene rings is 7. The van der Waals surface area contributed by atoms with E-state index in [1.54, 1.807) is 0 Å². The average molecular weight is 679 g/mol. The van der Waals surface area contributed by atoms with Crippen LogP contribution in [0.25, 0.3) is 88.8 Å². The predicted octanol–water partition coefficient (Wildman–Crippen LogP) is 12.3. The molecule has 3 heterocycles. The van der Waals surface area contributed by atoms with E-state index in [9.17, 15) is 0 Å². The van der Waals surface area contributed by atoms with Crippen molar-refractivity contribution in [2.24, 2.45) is 0 Å². The largest absolute Gasteiger partial charge is 0.309 e. The molecule has 3 aromatic heterocycles. The Balaban J connectivity index is 1.11. The predicted molar refractivity (Wildman–Crippen MR) is 219 cm³/mol. The van der Waals surface area contributed by atoms with Crippen LogP contribution in [-0.2, 0) is 5.41 Å². The van der Waals surface area contributed by atoms with Crippen LogP contribution in [0.5, 0.6) is 0 Å². The second-order valence-electron chi connectivity index (χ2n) is 14.7. The number of para-hydroxylation sites is 2. The van der Waals surface area contributed by atoms with Gasteiger partial charge in [0.25, 0.3) is 0 Å². The third kappa shape index (κ3) is 4.36. The minimum Gasteiger partial charge on any atom is -0.309 e. The van der Waals surface area contributed by atoms with Crippen LogP contribution >= 0.6 is 0 Å². The van der Waals surface area contributed by atoms with Crippen molar-refractivity contribution in [2.45, 2.75) is 19.3 Å². The Hall–Kier alpha value is -6.78. The molecule has 0 saturated heterocycles. The summed E-state index contributed by atoms with van der Waals surface area (Å²) < 4.78 is 4.62. The number of nitrogens with zero attached hydrogens (tertiary/aromatic N) is 4. The van der Waals surface area contributed by atoms with Crippen LogP contribution < -0.4 is 0 Å². The third-order valence-electron chi connectivity index (χ3n) is 11.4. The molecule has 53 heavy (non-hydrogen) atoms. The summed E-state index contributed by atoms with van der Waals surface area (Å²) in [6.07, 6.45) is 1.90. The molecule has 0 radical (unpaired) electrons. The van der Waals surface area contributed by atoms with Crippen molar-refractivity contribution < 1.29 is 0 Å². The molecular formula is C49H34N4. The normalized spacial score (nSPS) is 13.2. The molecule has 4 heteroatoms. The first kappa shape index (κ1) is 29.9. The fraction of sp³-hybridized carbons (Fsp3) is 0.0612. The van der Waals surface area contributed by atoms with Gasteiger partial charge in [-0.15, -0.1) is 0 Å². The highest BCUT2D eigenvalue weighted by atomic mass is 15.2. The number of aromatic nitrogens is 4. The molecule has 0 aliphatic heterocycles. The highest BCUT2D eigenvalue weighted by Gasteiger charge is 2.36. The minimum absolute atomic E-state index is 0.112. The maximum absolute atomic E-state index is 5.32. The number of hydrogen-bond acceptors (Lipinski definition) is 2. The van der Waals surface area contributed by atoms with Crippen molar-refractivity contribution in [1.29, 1.82) is 0 Å². The van der Waals surface area contributed by atoms with E-state index in [0.29, 0.717) is 5.95 Å². The Morgan fingerprint density at radius 3 is 1.89 bits per heavy atom. The fourth-order valence-electron chi connectivity index (χ4n) is 8.84. The number of hydrogen-bond donors (Lipinski definition) is 0. The third-order valence-corrected chi connectivity index (χ3v) is 11.4. The lowest BCUT2D eigenvalue weighted by molar-refractivity contribution is 0.661. The van der Waals surface area contributed by atoms with Crippen LogP contribution in [0.4, 0.5) is 0 Å². The first-order chi connectivity index (χ1) is 26.0. The lowest BCUT2D eigenvalue weighted by atomic mass is 9.82.